The average Bonchev–Trinajstić information content (AvgIpc) is 3.53. The highest BCUT2D eigenvalue weighted by Crippen LogP contribution is 2.32. The molecule has 8 heteroatoms. The number of primary amides is 1. The Morgan fingerprint density at radius 3 is 2.43 bits per heavy atom. The molecule has 30 heavy (non-hydrogen) atoms. The molecule has 8 nitrogen and oxygen atoms in total. The summed E-state index contributed by atoms with van der Waals surface area (Å²) in [6.07, 6.45) is 7.30. The van der Waals surface area contributed by atoms with Crippen molar-refractivity contribution in [3.8, 4) is 6.07 Å². The number of carbonyl (C=O) groups is 2. The summed E-state index contributed by atoms with van der Waals surface area (Å²) in [4.78, 5) is 23.9. The zero-order chi connectivity index (χ0) is 21.1. The molecule has 0 unspecified atom stereocenters. The summed E-state index contributed by atoms with van der Waals surface area (Å²) in [5.41, 5.74) is 7.58. The third-order valence-electron chi connectivity index (χ3n) is 5.94. The Balaban J connectivity index is 1.32. The molecule has 1 heterocycles. The highest BCUT2D eigenvalue weighted by Gasteiger charge is 2.31. The second kappa shape index (κ2) is 8.67. The second-order valence-corrected chi connectivity index (χ2v) is 8.19. The van der Waals surface area contributed by atoms with Crippen LogP contribution in [0.15, 0.2) is 30.5 Å². The van der Waals surface area contributed by atoms with E-state index >= 15 is 0 Å². The maximum Gasteiger partial charge on any atom is 0.254 e. The third-order valence-corrected chi connectivity index (χ3v) is 5.94. The lowest BCUT2D eigenvalue weighted by atomic mass is 9.91. The lowest BCUT2D eigenvalue weighted by Gasteiger charge is -2.29. The van der Waals surface area contributed by atoms with E-state index in [1.165, 1.54) is 0 Å². The number of amides is 2. The number of anilines is 1. The van der Waals surface area contributed by atoms with Gasteiger partial charge in [-0.05, 0) is 56.2 Å². The van der Waals surface area contributed by atoms with Crippen LogP contribution in [0.5, 0.6) is 0 Å². The van der Waals surface area contributed by atoms with Crippen molar-refractivity contribution >= 4 is 17.6 Å². The summed E-state index contributed by atoms with van der Waals surface area (Å²) < 4.78 is 1.79. The zero-order valence-electron chi connectivity index (χ0n) is 16.8. The zero-order valence-corrected chi connectivity index (χ0v) is 16.8. The van der Waals surface area contributed by atoms with E-state index in [2.05, 4.69) is 21.8 Å². The highest BCUT2D eigenvalue weighted by molar-refractivity contribution is 6.02. The van der Waals surface area contributed by atoms with Crippen LogP contribution in [0.25, 0.3) is 0 Å². The molecule has 2 aliphatic carbocycles. The summed E-state index contributed by atoms with van der Waals surface area (Å²) in [5.74, 6) is -0.350. The van der Waals surface area contributed by atoms with Gasteiger partial charge in [0.2, 0.25) is 5.91 Å². The monoisotopic (exact) mass is 406 g/mol. The molecule has 2 saturated carbocycles. The van der Waals surface area contributed by atoms with Gasteiger partial charge in [-0.2, -0.15) is 10.4 Å². The van der Waals surface area contributed by atoms with E-state index in [9.17, 15) is 9.59 Å². The van der Waals surface area contributed by atoms with Gasteiger partial charge in [0.1, 0.15) is 5.56 Å². The average molecular weight is 406 g/mol. The maximum atomic E-state index is 12.1. The molecule has 2 amide bonds. The first-order chi connectivity index (χ1) is 14.5. The quantitative estimate of drug-likeness (QED) is 0.651. The van der Waals surface area contributed by atoms with E-state index in [-0.39, 0.29) is 29.2 Å². The molecule has 4 N–H and O–H groups in total. The molecule has 156 valence electrons. The molecule has 2 fully saturated rings. The number of hydrogen-bond donors (Lipinski definition) is 3. The second-order valence-electron chi connectivity index (χ2n) is 8.19. The first-order valence-corrected chi connectivity index (χ1v) is 10.5. The molecule has 1 aromatic carbocycles. The van der Waals surface area contributed by atoms with Crippen LogP contribution in [0.2, 0.25) is 0 Å². The molecular formula is C22H26N6O2. The number of nitrogens with one attached hydrogen (secondary N) is 2. The highest BCUT2D eigenvalue weighted by atomic mass is 16.2. The summed E-state index contributed by atoms with van der Waals surface area (Å²) in [7, 11) is 0. The molecule has 1 aromatic heterocycles. The van der Waals surface area contributed by atoms with Gasteiger partial charge in [0.05, 0.1) is 17.7 Å². The van der Waals surface area contributed by atoms with Crippen molar-refractivity contribution in [2.45, 2.75) is 57.2 Å². The molecule has 0 atom stereocenters. The Hall–Kier alpha value is -3.18. The number of carbonyl (C=O) groups excluding carboxylic acids is 2. The van der Waals surface area contributed by atoms with E-state index in [0.717, 1.165) is 50.6 Å². The number of nitrogens with two attached hydrogens (primary N) is 1. The number of nitriles is 1. The van der Waals surface area contributed by atoms with Gasteiger partial charge >= 0.3 is 0 Å². The van der Waals surface area contributed by atoms with Gasteiger partial charge < -0.3 is 16.4 Å². The predicted octanol–water partition coefficient (Wildman–Crippen LogP) is 2.48. The van der Waals surface area contributed by atoms with Gasteiger partial charge in [0.25, 0.3) is 5.91 Å². The largest absolute Gasteiger partial charge is 0.365 e. The summed E-state index contributed by atoms with van der Waals surface area (Å²) in [5, 5.41) is 19.7. The van der Waals surface area contributed by atoms with Crippen LogP contribution in [-0.2, 0) is 11.3 Å². The maximum absolute atomic E-state index is 12.1. The predicted molar refractivity (Wildman–Crippen MR) is 111 cm³/mol. The number of aromatic nitrogens is 2. The first-order valence-electron chi connectivity index (χ1n) is 10.5. The Bertz CT molecular complexity index is 963. The van der Waals surface area contributed by atoms with Gasteiger partial charge in [-0.3, -0.25) is 14.3 Å². The van der Waals surface area contributed by atoms with Gasteiger partial charge in [0.15, 0.2) is 5.82 Å². The lowest BCUT2D eigenvalue weighted by Crippen LogP contribution is -2.33. The topological polar surface area (TPSA) is 126 Å². The molecule has 0 bridgehead atoms. The normalized spacial score (nSPS) is 21.0. The molecular weight excluding hydrogens is 380 g/mol. The summed E-state index contributed by atoms with van der Waals surface area (Å²) in [6.45, 7) is 0.770. The van der Waals surface area contributed by atoms with Crippen LogP contribution in [0.4, 0.5) is 5.82 Å². The minimum absolute atomic E-state index is 0.0356. The van der Waals surface area contributed by atoms with Crippen molar-refractivity contribution in [2.75, 3.05) is 5.32 Å². The van der Waals surface area contributed by atoms with Crippen LogP contribution in [0.3, 0.4) is 0 Å². The minimum atomic E-state index is -0.579. The van der Waals surface area contributed by atoms with Crippen LogP contribution in [-0.4, -0.2) is 27.6 Å². The molecule has 2 aromatic rings. The van der Waals surface area contributed by atoms with Crippen LogP contribution < -0.4 is 16.4 Å². The number of rotatable bonds is 7. The van der Waals surface area contributed by atoms with E-state index in [1.54, 1.807) is 10.9 Å². The molecule has 0 saturated heterocycles. The van der Waals surface area contributed by atoms with Crippen LogP contribution in [0, 0.1) is 17.2 Å². The Labute approximate surface area is 175 Å². The standard InChI is InChI=1S/C22H26N6O2/c23-11-14-1-3-15(4-2-14)12-25-17-7-9-18(10-8-17)28-13-19(20(24)29)21(27-28)26-22(30)16-5-6-16/h1-4,13,16-18,25H,5-10,12H2,(H2,24,29)(H,26,27,30)/t17-,18+. The van der Waals surface area contributed by atoms with Crippen LogP contribution in [0.1, 0.15) is 66.1 Å². The van der Waals surface area contributed by atoms with E-state index in [4.69, 9.17) is 11.0 Å². The van der Waals surface area contributed by atoms with Crippen molar-refractivity contribution in [3.05, 3.63) is 47.2 Å². The van der Waals surface area contributed by atoms with Crippen molar-refractivity contribution in [1.82, 2.24) is 15.1 Å². The number of nitrogens with zero attached hydrogens (tertiary/aromatic N) is 3. The number of benzene rings is 1. The smallest absolute Gasteiger partial charge is 0.254 e. The third kappa shape index (κ3) is 4.69. The first kappa shape index (κ1) is 20.1. The Kier molecular flexibility index (Phi) is 5.81. The molecule has 0 spiro atoms. The van der Waals surface area contributed by atoms with Crippen molar-refractivity contribution in [2.24, 2.45) is 11.7 Å². The van der Waals surface area contributed by atoms with Gasteiger partial charge in [-0.15, -0.1) is 0 Å². The van der Waals surface area contributed by atoms with E-state index in [0.29, 0.717) is 11.6 Å². The van der Waals surface area contributed by atoms with E-state index in [1.807, 2.05) is 24.3 Å². The minimum Gasteiger partial charge on any atom is -0.365 e. The fraction of sp³-hybridized carbons (Fsp3) is 0.455. The fourth-order valence-electron chi connectivity index (χ4n) is 3.92. The molecule has 0 radical (unpaired) electrons. The molecule has 4 rings (SSSR count). The van der Waals surface area contributed by atoms with Crippen molar-refractivity contribution in [1.29, 1.82) is 5.26 Å². The van der Waals surface area contributed by atoms with Gasteiger partial charge in [-0.1, -0.05) is 12.1 Å². The SMILES string of the molecule is N#Cc1ccc(CN[C@H]2CC[C@@H](n3cc(C(N)=O)c(NC(=O)C4CC4)n3)CC2)cc1. The van der Waals surface area contributed by atoms with Crippen molar-refractivity contribution in [3.63, 3.8) is 0 Å². The Morgan fingerprint density at radius 2 is 1.83 bits per heavy atom. The summed E-state index contributed by atoms with van der Waals surface area (Å²) in [6, 6.07) is 10.3. The number of hydrogen-bond acceptors (Lipinski definition) is 5. The summed E-state index contributed by atoms with van der Waals surface area (Å²) >= 11 is 0. The van der Waals surface area contributed by atoms with Gasteiger partial charge in [-0.25, -0.2) is 0 Å². The van der Waals surface area contributed by atoms with Crippen molar-refractivity contribution < 1.29 is 9.59 Å². The molecule has 0 aliphatic heterocycles. The molecule has 2 aliphatic rings. The lowest BCUT2D eigenvalue weighted by molar-refractivity contribution is -0.117. The van der Waals surface area contributed by atoms with E-state index < -0.39 is 5.91 Å². The Morgan fingerprint density at radius 1 is 1.13 bits per heavy atom. The van der Waals surface area contributed by atoms with Gasteiger partial charge in [0, 0.05) is 24.7 Å². The van der Waals surface area contributed by atoms with Crippen LogP contribution >= 0.6 is 0 Å². The fourth-order valence-corrected chi connectivity index (χ4v) is 3.92.